The number of esters is 1. The Morgan fingerprint density at radius 3 is 2.25 bits per heavy atom. The maximum absolute atomic E-state index is 11.3. The predicted octanol–water partition coefficient (Wildman–Crippen LogP) is 3.36. The maximum Gasteiger partial charge on any atom is 0.339 e. The van der Waals surface area contributed by atoms with Crippen LogP contribution in [0.15, 0.2) is 36.5 Å². The predicted molar refractivity (Wildman–Crippen MR) is 92.7 cm³/mol. The van der Waals surface area contributed by atoms with E-state index in [0.29, 0.717) is 16.8 Å². The number of nitrogens with zero attached hydrogens (tertiary/aromatic N) is 1. The number of amides is 1. The first kappa shape index (κ1) is 17.7. The minimum Gasteiger partial charge on any atom is -0.465 e. The summed E-state index contributed by atoms with van der Waals surface area (Å²) in [6.07, 6.45) is 4.41. The molecule has 1 saturated carbocycles. The number of nitrogens with two attached hydrogens (primary N) is 1. The molecule has 2 N–H and O–H groups in total. The van der Waals surface area contributed by atoms with Crippen LogP contribution in [-0.4, -0.2) is 24.0 Å². The van der Waals surface area contributed by atoms with E-state index in [2.05, 4.69) is 16.6 Å². The van der Waals surface area contributed by atoms with Crippen LogP contribution in [0.5, 0.6) is 0 Å². The number of hydrogen-bond donors (Lipinski definition) is 1. The molecule has 5 nitrogen and oxygen atoms in total. The van der Waals surface area contributed by atoms with Crippen LogP contribution in [-0.2, 0) is 4.74 Å². The fraction of sp³-hybridized carbons (Fsp3) is 0.316. The number of aryl methyl sites for hydroxylation is 1. The van der Waals surface area contributed by atoms with E-state index in [1.807, 2.05) is 13.0 Å². The molecule has 0 radical (unpaired) electrons. The Morgan fingerprint density at radius 2 is 1.79 bits per heavy atom. The number of primary amides is 1. The van der Waals surface area contributed by atoms with Gasteiger partial charge in [0.05, 0.1) is 18.4 Å². The molecule has 126 valence electrons. The van der Waals surface area contributed by atoms with Gasteiger partial charge in [0.1, 0.15) is 0 Å². The summed E-state index contributed by atoms with van der Waals surface area (Å²) in [6, 6.07) is 8.51. The van der Waals surface area contributed by atoms with E-state index >= 15 is 0 Å². The summed E-state index contributed by atoms with van der Waals surface area (Å²) >= 11 is 0. The third kappa shape index (κ3) is 4.65. The van der Waals surface area contributed by atoms with Gasteiger partial charge in [0, 0.05) is 17.3 Å². The van der Waals surface area contributed by atoms with Crippen molar-refractivity contribution in [1.82, 2.24) is 4.98 Å². The summed E-state index contributed by atoms with van der Waals surface area (Å²) in [5, 5.41) is 0. The highest BCUT2D eigenvalue weighted by Crippen LogP contribution is 2.26. The van der Waals surface area contributed by atoms with E-state index in [9.17, 15) is 9.59 Å². The van der Waals surface area contributed by atoms with Crippen LogP contribution in [0.25, 0.3) is 11.3 Å². The molecule has 0 spiro atoms. The van der Waals surface area contributed by atoms with Crippen molar-refractivity contribution >= 4 is 11.9 Å². The minimum absolute atomic E-state index is 0.375. The normalized spacial score (nSPS) is 12.8. The average Bonchev–Trinajstić information content (AvgIpc) is 3.37. The largest absolute Gasteiger partial charge is 0.465 e. The van der Waals surface area contributed by atoms with E-state index in [-0.39, 0.29) is 0 Å². The molecule has 3 rings (SSSR count). The monoisotopic (exact) mass is 326 g/mol. The molecule has 5 heteroatoms. The van der Waals surface area contributed by atoms with Gasteiger partial charge >= 0.3 is 5.97 Å². The molecule has 1 aliphatic rings. The SMILES string of the molecule is CC1CC1.COC(=O)c1ccc(-c2cc(C(N)=O)ccc2C)nc1. The molecule has 24 heavy (non-hydrogen) atoms. The zero-order valence-electron chi connectivity index (χ0n) is 14.2. The minimum atomic E-state index is -0.488. The van der Waals surface area contributed by atoms with Crippen molar-refractivity contribution in [2.24, 2.45) is 11.7 Å². The molecule has 1 heterocycles. The second kappa shape index (κ2) is 7.73. The molecule has 0 atom stereocenters. The number of carbonyl (C=O) groups excluding carboxylic acids is 2. The zero-order chi connectivity index (χ0) is 17.7. The Labute approximate surface area is 141 Å². The van der Waals surface area contributed by atoms with Crippen LogP contribution >= 0.6 is 0 Å². The first-order valence-electron chi connectivity index (χ1n) is 7.87. The van der Waals surface area contributed by atoms with E-state index in [1.54, 1.807) is 24.3 Å². The first-order valence-corrected chi connectivity index (χ1v) is 7.87. The quantitative estimate of drug-likeness (QED) is 0.877. The first-order chi connectivity index (χ1) is 11.4. The van der Waals surface area contributed by atoms with Crippen molar-refractivity contribution in [3.8, 4) is 11.3 Å². The number of ether oxygens (including phenoxy) is 1. The molecular formula is C19H22N2O3. The molecule has 0 aliphatic heterocycles. The summed E-state index contributed by atoms with van der Waals surface area (Å²) in [7, 11) is 1.32. The lowest BCUT2D eigenvalue weighted by molar-refractivity contribution is 0.0600. The molecule has 0 unspecified atom stereocenters. The lowest BCUT2D eigenvalue weighted by atomic mass is 10.0. The fourth-order valence-corrected chi connectivity index (χ4v) is 2.01. The van der Waals surface area contributed by atoms with Crippen molar-refractivity contribution in [2.75, 3.05) is 7.11 Å². The van der Waals surface area contributed by atoms with Gasteiger partial charge in [-0.25, -0.2) is 4.79 Å². The van der Waals surface area contributed by atoms with Crippen LogP contribution in [0.3, 0.4) is 0 Å². The van der Waals surface area contributed by atoms with Crippen molar-refractivity contribution in [2.45, 2.75) is 26.7 Å². The Morgan fingerprint density at radius 1 is 1.17 bits per heavy atom. The Kier molecular flexibility index (Phi) is 5.68. The van der Waals surface area contributed by atoms with E-state index in [4.69, 9.17) is 5.73 Å². The number of benzene rings is 1. The van der Waals surface area contributed by atoms with Gasteiger partial charge in [-0.3, -0.25) is 9.78 Å². The second-order valence-electron chi connectivity index (χ2n) is 6.00. The second-order valence-corrected chi connectivity index (χ2v) is 6.00. The van der Waals surface area contributed by atoms with Crippen LogP contribution in [0.1, 0.15) is 46.0 Å². The number of hydrogen-bond acceptors (Lipinski definition) is 4. The zero-order valence-corrected chi connectivity index (χ0v) is 14.2. The molecule has 1 aromatic heterocycles. The van der Waals surface area contributed by atoms with Crippen molar-refractivity contribution < 1.29 is 14.3 Å². The van der Waals surface area contributed by atoms with Crippen LogP contribution < -0.4 is 5.73 Å². The van der Waals surface area contributed by atoms with Gasteiger partial charge in [-0.1, -0.05) is 25.8 Å². The average molecular weight is 326 g/mol. The Balaban J connectivity index is 0.000000454. The van der Waals surface area contributed by atoms with Crippen LogP contribution in [0.2, 0.25) is 0 Å². The smallest absolute Gasteiger partial charge is 0.339 e. The fourth-order valence-electron chi connectivity index (χ4n) is 2.01. The summed E-state index contributed by atoms with van der Waals surface area (Å²) < 4.78 is 4.62. The van der Waals surface area contributed by atoms with Crippen molar-refractivity contribution in [3.05, 3.63) is 53.2 Å². The van der Waals surface area contributed by atoms with Crippen LogP contribution in [0.4, 0.5) is 0 Å². The molecule has 1 fully saturated rings. The Bertz CT molecular complexity index is 735. The highest BCUT2D eigenvalue weighted by molar-refractivity contribution is 5.94. The van der Waals surface area contributed by atoms with Gasteiger partial charge in [0.2, 0.25) is 5.91 Å². The summed E-state index contributed by atoms with van der Waals surface area (Å²) in [6.45, 7) is 4.19. The van der Waals surface area contributed by atoms with E-state index in [0.717, 1.165) is 17.0 Å². The summed E-state index contributed by atoms with van der Waals surface area (Å²) in [4.78, 5) is 26.8. The van der Waals surface area contributed by atoms with E-state index in [1.165, 1.54) is 26.1 Å². The summed E-state index contributed by atoms with van der Waals surface area (Å²) in [5.41, 5.74) is 8.50. The molecular weight excluding hydrogens is 304 g/mol. The lowest BCUT2D eigenvalue weighted by Gasteiger charge is -2.07. The lowest BCUT2D eigenvalue weighted by Crippen LogP contribution is -2.11. The molecule has 1 aliphatic carbocycles. The standard InChI is InChI=1S/C15H14N2O3.C4H8/c1-9-3-4-10(14(16)18)7-12(9)13-6-5-11(8-17-13)15(19)20-2;1-4-2-3-4/h3-8H,1-2H3,(H2,16,18);4H,2-3H2,1H3. The third-order valence-corrected chi connectivity index (χ3v) is 3.85. The van der Waals surface area contributed by atoms with Gasteiger partial charge in [-0.2, -0.15) is 0 Å². The molecule has 0 bridgehead atoms. The number of methoxy groups -OCH3 is 1. The van der Waals surface area contributed by atoms with Gasteiger partial charge in [-0.05, 0) is 42.7 Å². The van der Waals surface area contributed by atoms with Gasteiger partial charge in [0.15, 0.2) is 0 Å². The molecule has 2 aromatic rings. The Hall–Kier alpha value is -2.69. The van der Waals surface area contributed by atoms with Gasteiger partial charge in [-0.15, -0.1) is 0 Å². The third-order valence-electron chi connectivity index (χ3n) is 3.85. The highest BCUT2D eigenvalue weighted by Gasteiger charge is 2.12. The topological polar surface area (TPSA) is 82.3 Å². The molecule has 1 amide bonds. The molecule has 0 saturated heterocycles. The van der Waals surface area contributed by atoms with Gasteiger partial charge in [0.25, 0.3) is 0 Å². The van der Waals surface area contributed by atoms with Crippen molar-refractivity contribution in [3.63, 3.8) is 0 Å². The number of carbonyl (C=O) groups is 2. The number of rotatable bonds is 3. The number of aromatic nitrogens is 1. The van der Waals surface area contributed by atoms with E-state index < -0.39 is 11.9 Å². The maximum atomic E-state index is 11.3. The summed E-state index contributed by atoms with van der Waals surface area (Å²) in [5.74, 6) is 0.157. The van der Waals surface area contributed by atoms with Crippen molar-refractivity contribution in [1.29, 1.82) is 0 Å². The van der Waals surface area contributed by atoms with Gasteiger partial charge < -0.3 is 10.5 Å². The highest BCUT2D eigenvalue weighted by atomic mass is 16.5. The molecule has 1 aromatic carbocycles. The van der Waals surface area contributed by atoms with Crippen LogP contribution in [0, 0.1) is 12.8 Å². The number of pyridine rings is 1.